The molecular weight excluding hydrogens is 360 g/mol. The van der Waals surface area contributed by atoms with Crippen LogP contribution in [-0.2, 0) is 22.7 Å². The van der Waals surface area contributed by atoms with Gasteiger partial charge >= 0.3 is 12.2 Å². The van der Waals surface area contributed by atoms with Crippen LogP contribution in [0.4, 0.5) is 9.59 Å². The number of ether oxygens (including phenoxy) is 2. The van der Waals surface area contributed by atoms with Crippen molar-refractivity contribution in [1.82, 2.24) is 10.0 Å². The van der Waals surface area contributed by atoms with Crippen molar-refractivity contribution >= 4 is 12.2 Å². The number of aliphatic hydroxyl groups excluding tert-OH is 1. The van der Waals surface area contributed by atoms with Gasteiger partial charge in [0.25, 0.3) is 0 Å². The summed E-state index contributed by atoms with van der Waals surface area (Å²) in [6.07, 6.45) is -1.01. The average molecular weight is 382 g/mol. The number of nitrogens with zero attached hydrogens (tertiary/aromatic N) is 2. The Labute approximate surface area is 163 Å². The lowest BCUT2D eigenvalue weighted by atomic mass is 10.2. The molecule has 7 heteroatoms. The van der Waals surface area contributed by atoms with Crippen molar-refractivity contribution in [3.8, 4) is 0 Å². The Bertz CT molecular complexity index is 829. The van der Waals surface area contributed by atoms with Crippen molar-refractivity contribution in [3.05, 3.63) is 71.8 Å². The van der Waals surface area contributed by atoms with Gasteiger partial charge in [-0.15, -0.1) is 0 Å². The fourth-order valence-electron chi connectivity index (χ4n) is 3.80. The average Bonchev–Trinajstić information content (AvgIpc) is 3.29. The highest BCUT2D eigenvalue weighted by Gasteiger charge is 2.55. The van der Waals surface area contributed by atoms with Gasteiger partial charge in [-0.2, -0.15) is 0 Å². The Morgan fingerprint density at radius 3 is 1.86 bits per heavy atom. The molecule has 1 aliphatic heterocycles. The molecule has 2 aromatic carbocycles. The van der Waals surface area contributed by atoms with Gasteiger partial charge in [0.1, 0.15) is 13.2 Å². The number of carbonyl (C=O) groups excluding carboxylic acids is 2. The maximum absolute atomic E-state index is 12.7. The second kappa shape index (κ2) is 7.90. The predicted octanol–water partition coefficient (Wildman–Crippen LogP) is 3.08. The van der Waals surface area contributed by atoms with E-state index in [1.54, 1.807) is 0 Å². The molecule has 0 spiro atoms. The normalized spacial score (nSPS) is 23.0. The van der Waals surface area contributed by atoms with Crippen LogP contribution in [0.1, 0.15) is 24.0 Å². The van der Waals surface area contributed by atoms with Gasteiger partial charge < -0.3 is 14.6 Å². The molecule has 1 N–H and O–H groups in total. The van der Waals surface area contributed by atoms with Crippen molar-refractivity contribution in [2.24, 2.45) is 0 Å². The molecule has 1 aliphatic carbocycles. The Morgan fingerprint density at radius 1 is 0.821 bits per heavy atom. The summed E-state index contributed by atoms with van der Waals surface area (Å²) >= 11 is 0. The molecule has 0 aromatic heterocycles. The van der Waals surface area contributed by atoms with Crippen molar-refractivity contribution < 1.29 is 24.2 Å². The molecular formula is C21H22N2O5. The highest BCUT2D eigenvalue weighted by atomic mass is 16.6. The minimum absolute atomic E-state index is 0.0938. The molecule has 1 heterocycles. The summed E-state index contributed by atoms with van der Waals surface area (Å²) in [6.45, 7) is 0.208. The second-order valence-corrected chi connectivity index (χ2v) is 7.03. The summed E-state index contributed by atoms with van der Waals surface area (Å²) in [5.74, 6) is 0. The van der Waals surface area contributed by atoms with Crippen molar-refractivity contribution in [1.29, 1.82) is 0 Å². The van der Waals surface area contributed by atoms with Crippen LogP contribution in [0.5, 0.6) is 0 Å². The number of hydrogen-bond donors (Lipinski definition) is 1. The maximum Gasteiger partial charge on any atom is 0.429 e. The number of rotatable bonds is 4. The number of benzene rings is 2. The summed E-state index contributed by atoms with van der Waals surface area (Å²) in [6, 6.07) is 17.9. The van der Waals surface area contributed by atoms with E-state index in [1.165, 1.54) is 10.0 Å². The van der Waals surface area contributed by atoms with Crippen LogP contribution >= 0.6 is 0 Å². The van der Waals surface area contributed by atoms with Crippen LogP contribution in [0.3, 0.4) is 0 Å². The number of fused-ring (bicyclic) bond motifs is 2. The molecule has 2 amide bonds. The highest BCUT2D eigenvalue weighted by molar-refractivity contribution is 5.76. The third-order valence-electron chi connectivity index (χ3n) is 5.15. The van der Waals surface area contributed by atoms with Gasteiger partial charge in [-0.1, -0.05) is 60.7 Å². The minimum atomic E-state index is -0.674. The van der Waals surface area contributed by atoms with E-state index in [2.05, 4.69) is 0 Å². The quantitative estimate of drug-likeness (QED) is 0.879. The van der Waals surface area contributed by atoms with Gasteiger partial charge in [0.05, 0.1) is 18.2 Å². The van der Waals surface area contributed by atoms with E-state index in [1.807, 2.05) is 60.7 Å². The van der Waals surface area contributed by atoms with Gasteiger partial charge in [-0.3, -0.25) is 0 Å². The molecule has 2 fully saturated rings. The smallest absolute Gasteiger partial charge is 0.429 e. The van der Waals surface area contributed by atoms with E-state index in [-0.39, 0.29) is 19.3 Å². The maximum atomic E-state index is 12.7. The van der Waals surface area contributed by atoms with E-state index >= 15 is 0 Å². The van der Waals surface area contributed by atoms with Crippen LogP contribution in [-0.4, -0.2) is 45.5 Å². The second-order valence-electron chi connectivity index (χ2n) is 7.03. The lowest BCUT2D eigenvalue weighted by Crippen LogP contribution is -2.57. The lowest BCUT2D eigenvalue weighted by molar-refractivity contribution is -0.0767. The third kappa shape index (κ3) is 3.66. The topological polar surface area (TPSA) is 79.3 Å². The first kappa shape index (κ1) is 18.3. The Hall–Kier alpha value is -3.06. The lowest BCUT2D eigenvalue weighted by Gasteiger charge is -2.38. The molecule has 1 saturated carbocycles. The number of amides is 2. The van der Waals surface area contributed by atoms with Gasteiger partial charge in [0.2, 0.25) is 0 Å². The molecule has 0 radical (unpaired) electrons. The van der Waals surface area contributed by atoms with Crippen molar-refractivity contribution in [3.63, 3.8) is 0 Å². The summed E-state index contributed by atoms with van der Waals surface area (Å²) in [5, 5.41) is 12.7. The van der Waals surface area contributed by atoms with E-state index in [4.69, 9.17) is 9.47 Å². The zero-order valence-corrected chi connectivity index (χ0v) is 15.3. The standard InChI is InChI=1S/C21H22N2O5/c24-19-12-17-11-18(19)23(21(26)28-14-16-9-5-2-6-10-16)22(17)20(25)27-13-15-7-3-1-4-8-15/h1-10,17-19,24H,11-14H2/t17-,18-,19-/m0/s1. The Morgan fingerprint density at radius 2 is 1.32 bits per heavy atom. The van der Waals surface area contributed by atoms with E-state index in [9.17, 15) is 14.7 Å². The molecule has 1 saturated heterocycles. The Balaban J connectivity index is 1.42. The number of aliphatic hydroxyl groups is 1. The zero-order valence-electron chi connectivity index (χ0n) is 15.3. The van der Waals surface area contributed by atoms with Crippen molar-refractivity contribution in [2.45, 2.75) is 44.2 Å². The predicted molar refractivity (Wildman–Crippen MR) is 99.7 cm³/mol. The summed E-state index contributed by atoms with van der Waals surface area (Å²) in [4.78, 5) is 25.4. The van der Waals surface area contributed by atoms with Gasteiger partial charge in [0, 0.05) is 0 Å². The first-order chi connectivity index (χ1) is 13.6. The van der Waals surface area contributed by atoms with Crippen LogP contribution in [0.25, 0.3) is 0 Å². The monoisotopic (exact) mass is 382 g/mol. The number of hydrogen-bond acceptors (Lipinski definition) is 5. The highest BCUT2D eigenvalue weighted by Crippen LogP contribution is 2.39. The van der Waals surface area contributed by atoms with Gasteiger partial charge in [-0.25, -0.2) is 19.6 Å². The molecule has 0 unspecified atom stereocenters. The zero-order chi connectivity index (χ0) is 19.5. The van der Waals surface area contributed by atoms with E-state index in [0.717, 1.165) is 11.1 Å². The van der Waals surface area contributed by atoms with Crippen LogP contribution in [0, 0.1) is 0 Å². The molecule has 146 valence electrons. The largest absolute Gasteiger partial charge is 0.443 e. The first-order valence-electron chi connectivity index (χ1n) is 9.31. The third-order valence-corrected chi connectivity index (χ3v) is 5.15. The molecule has 3 atom stereocenters. The summed E-state index contributed by atoms with van der Waals surface area (Å²) in [5.41, 5.74) is 1.71. The first-order valence-corrected chi connectivity index (χ1v) is 9.31. The summed E-state index contributed by atoms with van der Waals surface area (Å²) in [7, 11) is 0. The van der Waals surface area contributed by atoms with E-state index < -0.39 is 24.3 Å². The van der Waals surface area contributed by atoms with E-state index in [0.29, 0.717) is 12.8 Å². The van der Waals surface area contributed by atoms with Crippen LogP contribution < -0.4 is 0 Å². The van der Waals surface area contributed by atoms with Gasteiger partial charge in [0.15, 0.2) is 0 Å². The summed E-state index contributed by atoms with van der Waals surface area (Å²) < 4.78 is 10.8. The fourth-order valence-corrected chi connectivity index (χ4v) is 3.80. The molecule has 2 bridgehead atoms. The molecule has 2 aliphatic rings. The molecule has 2 aromatic rings. The van der Waals surface area contributed by atoms with Crippen molar-refractivity contribution in [2.75, 3.05) is 0 Å². The van der Waals surface area contributed by atoms with Crippen LogP contribution in [0.15, 0.2) is 60.7 Å². The number of carbonyl (C=O) groups is 2. The van der Waals surface area contributed by atoms with Crippen LogP contribution in [0.2, 0.25) is 0 Å². The molecule has 4 rings (SSSR count). The molecule has 7 nitrogen and oxygen atoms in total. The Kier molecular flexibility index (Phi) is 5.16. The minimum Gasteiger partial charge on any atom is -0.443 e. The fraction of sp³-hybridized carbons (Fsp3) is 0.333. The van der Waals surface area contributed by atoms with Gasteiger partial charge in [-0.05, 0) is 24.0 Å². The number of hydrazine groups is 1. The SMILES string of the molecule is O=C(OCc1ccccc1)N1[C@@H]2C[C@H](O)[C@H](C2)N1C(=O)OCc1ccccc1. The molecule has 28 heavy (non-hydrogen) atoms.